The second-order valence-electron chi connectivity index (χ2n) is 3.63. The van der Waals surface area contributed by atoms with Crippen LogP contribution in [0.5, 0.6) is 11.5 Å². The normalized spacial score (nSPS) is 11.2. The largest absolute Gasteiger partial charge is 0.497 e. The summed E-state index contributed by atoms with van der Waals surface area (Å²) in [6, 6.07) is 6.45. The lowest BCUT2D eigenvalue weighted by atomic mass is 10.1. The Balaban J connectivity index is 2.99. The summed E-state index contributed by atoms with van der Waals surface area (Å²) in [5, 5.41) is 11.5. The minimum atomic E-state index is -0.506. The highest BCUT2D eigenvalue weighted by atomic mass is 16.5. The van der Waals surface area contributed by atoms with Crippen LogP contribution >= 0.6 is 0 Å². The lowest BCUT2D eigenvalue weighted by Crippen LogP contribution is -2.33. The average Bonchev–Trinajstić information content (AvgIpc) is 2.43. The van der Waals surface area contributed by atoms with Gasteiger partial charge >= 0.3 is 0 Å². The van der Waals surface area contributed by atoms with Crippen molar-refractivity contribution in [2.45, 2.75) is 19.4 Å². The van der Waals surface area contributed by atoms with Gasteiger partial charge in [-0.2, -0.15) is 5.26 Å². The van der Waals surface area contributed by atoms with E-state index in [4.69, 9.17) is 14.7 Å². The number of hydrogen-bond acceptors (Lipinski definition) is 4. The number of ether oxygens (including phenoxy) is 2. The molecule has 0 spiro atoms. The third-order valence-corrected chi connectivity index (χ3v) is 2.52. The molecule has 1 rings (SSSR count). The van der Waals surface area contributed by atoms with Crippen molar-refractivity contribution in [2.75, 3.05) is 14.2 Å². The zero-order valence-corrected chi connectivity index (χ0v) is 10.7. The van der Waals surface area contributed by atoms with E-state index < -0.39 is 6.04 Å². The van der Waals surface area contributed by atoms with Gasteiger partial charge in [-0.25, -0.2) is 0 Å². The molecule has 0 fully saturated rings. The van der Waals surface area contributed by atoms with Crippen LogP contribution in [0.4, 0.5) is 0 Å². The number of methoxy groups -OCH3 is 2. The second kappa shape index (κ2) is 6.50. The molecule has 0 heterocycles. The molecule has 1 amide bonds. The van der Waals surface area contributed by atoms with Crippen molar-refractivity contribution in [1.29, 1.82) is 5.26 Å². The highest BCUT2D eigenvalue weighted by molar-refractivity contribution is 5.97. The number of nitrogens with zero attached hydrogens (tertiary/aromatic N) is 1. The van der Waals surface area contributed by atoms with Crippen LogP contribution in [0.1, 0.15) is 23.7 Å². The molecule has 1 unspecified atom stereocenters. The maximum absolute atomic E-state index is 12.0. The van der Waals surface area contributed by atoms with Crippen LogP contribution in [-0.4, -0.2) is 26.2 Å². The summed E-state index contributed by atoms with van der Waals surface area (Å²) in [6.07, 6.45) is 0.550. The second-order valence-corrected chi connectivity index (χ2v) is 3.63. The number of carbonyl (C=O) groups excluding carboxylic acids is 1. The first kappa shape index (κ1) is 13.8. The molecule has 0 saturated heterocycles. The zero-order chi connectivity index (χ0) is 13.5. The van der Waals surface area contributed by atoms with Gasteiger partial charge < -0.3 is 14.8 Å². The van der Waals surface area contributed by atoms with Gasteiger partial charge in [0.15, 0.2) is 0 Å². The van der Waals surface area contributed by atoms with Gasteiger partial charge in [-0.15, -0.1) is 0 Å². The van der Waals surface area contributed by atoms with E-state index in [1.807, 2.05) is 13.0 Å². The average molecular weight is 248 g/mol. The van der Waals surface area contributed by atoms with Gasteiger partial charge in [0, 0.05) is 0 Å². The number of hydrogen-bond donors (Lipinski definition) is 1. The summed E-state index contributed by atoms with van der Waals surface area (Å²) in [7, 11) is 3.01. The standard InChI is InChI=1S/C13H16N2O3/c1-4-9(8-14)15-13(16)11-7-10(17-2)5-6-12(11)18-3/h5-7,9H,4H2,1-3H3,(H,15,16). The molecule has 0 aliphatic carbocycles. The molecular weight excluding hydrogens is 232 g/mol. The first-order valence-electron chi connectivity index (χ1n) is 5.58. The molecule has 0 aliphatic heterocycles. The fourth-order valence-electron chi connectivity index (χ4n) is 1.45. The molecule has 5 nitrogen and oxygen atoms in total. The van der Waals surface area contributed by atoms with Crippen molar-refractivity contribution < 1.29 is 14.3 Å². The fraction of sp³-hybridized carbons (Fsp3) is 0.385. The maximum atomic E-state index is 12.0. The quantitative estimate of drug-likeness (QED) is 0.861. The molecule has 5 heteroatoms. The lowest BCUT2D eigenvalue weighted by molar-refractivity contribution is 0.0941. The van der Waals surface area contributed by atoms with E-state index in [-0.39, 0.29) is 5.91 Å². The zero-order valence-electron chi connectivity index (χ0n) is 10.7. The van der Waals surface area contributed by atoms with Crippen molar-refractivity contribution in [3.05, 3.63) is 23.8 Å². The minimum absolute atomic E-state index is 0.348. The Morgan fingerprint density at radius 1 is 1.44 bits per heavy atom. The van der Waals surface area contributed by atoms with Crippen molar-refractivity contribution in [3.63, 3.8) is 0 Å². The Bertz CT molecular complexity index is 466. The topological polar surface area (TPSA) is 71.4 Å². The molecule has 1 atom stereocenters. The Kier molecular flexibility index (Phi) is 5.00. The third kappa shape index (κ3) is 3.14. The molecule has 0 aromatic heterocycles. The van der Waals surface area contributed by atoms with E-state index in [0.717, 1.165) is 0 Å². The highest BCUT2D eigenvalue weighted by Gasteiger charge is 2.16. The third-order valence-electron chi connectivity index (χ3n) is 2.52. The van der Waals surface area contributed by atoms with Gasteiger partial charge in [-0.3, -0.25) is 4.79 Å². The molecule has 0 saturated carbocycles. The van der Waals surface area contributed by atoms with E-state index in [2.05, 4.69) is 5.32 Å². The van der Waals surface area contributed by atoms with Crippen LogP contribution in [0.25, 0.3) is 0 Å². The van der Waals surface area contributed by atoms with E-state index >= 15 is 0 Å². The smallest absolute Gasteiger partial charge is 0.256 e. The van der Waals surface area contributed by atoms with E-state index in [1.54, 1.807) is 18.2 Å². The number of carbonyl (C=O) groups is 1. The molecule has 1 aromatic carbocycles. The van der Waals surface area contributed by atoms with E-state index in [0.29, 0.717) is 23.5 Å². The number of nitrogens with one attached hydrogen (secondary N) is 1. The van der Waals surface area contributed by atoms with Crippen LogP contribution in [0.3, 0.4) is 0 Å². The van der Waals surface area contributed by atoms with Gasteiger partial charge in [0.05, 0.1) is 25.9 Å². The van der Waals surface area contributed by atoms with Crippen molar-refractivity contribution in [3.8, 4) is 17.6 Å². The fourth-order valence-corrected chi connectivity index (χ4v) is 1.45. The molecule has 96 valence electrons. The molecule has 18 heavy (non-hydrogen) atoms. The van der Waals surface area contributed by atoms with Gasteiger partial charge in [-0.1, -0.05) is 6.92 Å². The number of rotatable bonds is 5. The summed E-state index contributed by atoms with van der Waals surface area (Å²) in [6.45, 7) is 1.83. The van der Waals surface area contributed by atoms with Crippen molar-refractivity contribution in [1.82, 2.24) is 5.32 Å². The first-order valence-corrected chi connectivity index (χ1v) is 5.58. The van der Waals surface area contributed by atoms with Gasteiger partial charge in [0.25, 0.3) is 5.91 Å². The molecular formula is C13H16N2O3. The van der Waals surface area contributed by atoms with Crippen LogP contribution in [0, 0.1) is 11.3 Å². The summed E-state index contributed by atoms with van der Waals surface area (Å²) < 4.78 is 10.2. The summed E-state index contributed by atoms with van der Waals surface area (Å²) in [5.74, 6) is 0.659. The SMILES string of the molecule is CCC(C#N)NC(=O)c1cc(OC)ccc1OC. The minimum Gasteiger partial charge on any atom is -0.497 e. The highest BCUT2D eigenvalue weighted by Crippen LogP contribution is 2.23. The van der Waals surface area contributed by atoms with Crippen LogP contribution in [0.15, 0.2) is 18.2 Å². The van der Waals surface area contributed by atoms with Crippen LogP contribution in [-0.2, 0) is 0 Å². The molecule has 0 radical (unpaired) electrons. The summed E-state index contributed by atoms with van der Waals surface area (Å²) in [4.78, 5) is 12.0. The molecule has 0 aliphatic rings. The predicted octanol–water partition coefficient (Wildman–Crippen LogP) is 1.74. The van der Waals surface area contributed by atoms with Crippen molar-refractivity contribution in [2.24, 2.45) is 0 Å². The van der Waals surface area contributed by atoms with E-state index in [1.165, 1.54) is 14.2 Å². The monoisotopic (exact) mass is 248 g/mol. The number of benzene rings is 1. The Hall–Kier alpha value is -2.22. The molecule has 0 bridgehead atoms. The van der Waals surface area contributed by atoms with E-state index in [9.17, 15) is 4.79 Å². The molecule has 1 aromatic rings. The number of nitriles is 1. The number of amides is 1. The Morgan fingerprint density at radius 2 is 2.17 bits per heavy atom. The first-order chi connectivity index (χ1) is 8.65. The summed E-state index contributed by atoms with van der Waals surface area (Å²) >= 11 is 0. The van der Waals surface area contributed by atoms with Crippen molar-refractivity contribution >= 4 is 5.91 Å². The van der Waals surface area contributed by atoms with Gasteiger partial charge in [0.1, 0.15) is 17.5 Å². The van der Waals surface area contributed by atoms with Crippen LogP contribution < -0.4 is 14.8 Å². The molecule has 1 N–H and O–H groups in total. The van der Waals surface area contributed by atoms with Gasteiger partial charge in [0.2, 0.25) is 0 Å². The maximum Gasteiger partial charge on any atom is 0.256 e. The van der Waals surface area contributed by atoms with Crippen LogP contribution in [0.2, 0.25) is 0 Å². The lowest BCUT2D eigenvalue weighted by Gasteiger charge is -2.12. The van der Waals surface area contributed by atoms with Gasteiger partial charge in [-0.05, 0) is 24.6 Å². The Morgan fingerprint density at radius 3 is 2.67 bits per heavy atom. The summed E-state index contributed by atoms with van der Waals surface area (Å²) in [5.41, 5.74) is 0.352. The predicted molar refractivity (Wildman–Crippen MR) is 66.7 cm³/mol. The Labute approximate surface area is 106 Å².